The number of ether oxygens (including phenoxy) is 1. The van der Waals surface area contributed by atoms with Gasteiger partial charge in [-0.3, -0.25) is 0 Å². The van der Waals surface area contributed by atoms with Gasteiger partial charge < -0.3 is 33.6 Å². The van der Waals surface area contributed by atoms with E-state index in [1.807, 2.05) is 0 Å². The van der Waals surface area contributed by atoms with E-state index >= 15 is 0 Å². The second-order valence-corrected chi connectivity index (χ2v) is 7.30. The average molecular weight is 425 g/mol. The highest BCUT2D eigenvalue weighted by Crippen LogP contribution is 2.18. The summed E-state index contributed by atoms with van der Waals surface area (Å²) in [6.45, 7) is 2.38. The van der Waals surface area contributed by atoms with Crippen LogP contribution in [0.5, 0.6) is 0 Å². The monoisotopic (exact) mass is 425 g/mol. The summed E-state index contributed by atoms with van der Waals surface area (Å²) >= 11 is 0. The molecule has 1 saturated heterocycles. The van der Waals surface area contributed by atoms with Crippen molar-refractivity contribution in [3.8, 4) is 0 Å². The first-order valence-corrected chi connectivity index (χ1v) is 9.69. The highest BCUT2D eigenvalue weighted by molar-refractivity contribution is 4.68. The third-order valence-electron chi connectivity index (χ3n) is 4.61. The number of quaternary nitrogens is 1. The van der Waals surface area contributed by atoms with Gasteiger partial charge in [0.25, 0.3) is 0 Å². The molecule has 2 nitrogen and oxygen atoms in total. The molecule has 1 atom stereocenters. The van der Waals surface area contributed by atoms with E-state index in [9.17, 15) is 0 Å². The molecule has 0 aromatic rings. The van der Waals surface area contributed by atoms with Crippen LogP contribution in [0, 0.1) is 0 Å². The first-order valence-electron chi connectivity index (χ1n) is 9.69. The predicted octanol–water partition coefficient (Wildman–Crippen LogP) is 0.995. The van der Waals surface area contributed by atoms with Gasteiger partial charge in [0.2, 0.25) is 0 Å². The molecule has 22 heavy (non-hydrogen) atoms. The summed E-state index contributed by atoms with van der Waals surface area (Å²) in [5.74, 6) is 0. The molecule has 1 heterocycles. The van der Waals surface area contributed by atoms with E-state index in [-0.39, 0.29) is 24.0 Å². The van der Waals surface area contributed by atoms with Gasteiger partial charge in [0.05, 0.1) is 33.4 Å². The number of hydrogen-bond acceptors (Lipinski definition) is 1. The summed E-state index contributed by atoms with van der Waals surface area (Å²) < 4.78 is 5.23. The van der Waals surface area contributed by atoms with Gasteiger partial charge in [0, 0.05) is 0 Å². The summed E-state index contributed by atoms with van der Waals surface area (Å²) in [5, 5.41) is 0. The summed E-state index contributed by atoms with van der Waals surface area (Å²) in [6, 6.07) is 0. The zero-order valence-electron chi connectivity index (χ0n) is 15.2. The molecule has 1 aliphatic heterocycles. The highest BCUT2D eigenvalue weighted by Gasteiger charge is 2.20. The van der Waals surface area contributed by atoms with Gasteiger partial charge in [-0.2, -0.15) is 0 Å². The minimum absolute atomic E-state index is 0. The van der Waals surface area contributed by atoms with Crippen molar-refractivity contribution in [2.75, 3.05) is 27.2 Å². The van der Waals surface area contributed by atoms with E-state index in [0.29, 0.717) is 6.10 Å². The van der Waals surface area contributed by atoms with Gasteiger partial charge in [-0.1, -0.05) is 70.6 Å². The lowest BCUT2D eigenvalue weighted by Gasteiger charge is -2.06. The quantitative estimate of drug-likeness (QED) is 0.222. The van der Waals surface area contributed by atoms with E-state index in [4.69, 9.17) is 4.74 Å². The molecule has 0 saturated carbocycles. The van der Waals surface area contributed by atoms with E-state index in [1.54, 1.807) is 4.90 Å². The Kier molecular flexibility index (Phi) is 17.0. The minimum Gasteiger partial charge on any atom is -1.00 e. The lowest BCUT2D eigenvalue weighted by molar-refractivity contribution is -0.858. The maximum Gasteiger partial charge on any atom is 0.0810 e. The average Bonchev–Trinajstić information content (AvgIpc) is 3.27. The Balaban J connectivity index is 0.00000441. The Labute approximate surface area is 156 Å². The molecule has 3 heteroatoms. The van der Waals surface area contributed by atoms with Crippen molar-refractivity contribution in [2.24, 2.45) is 0 Å². The van der Waals surface area contributed by atoms with E-state index in [2.05, 4.69) is 14.1 Å². The van der Waals surface area contributed by atoms with Crippen molar-refractivity contribution in [1.82, 2.24) is 0 Å². The van der Waals surface area contributed by atoms with Gasteiger partial charge in [-0.25, -0.2) is 0 Å². The molecular weight excluding hydrogens is 385 g/mol. The molecule has 1 aliphatic rings. The second-order valence-electron chi connectivity index (χ2n) is 7.30. The largest absolute Gasteiger partial charge is 1.00 e. The van der Waals surface area contributed by atoms with E-state index in [1.165, 1.54) is 96.4 Å². The molecule has 0 spiro atoms. The third-order valence-corrected chi connectivity index (χ3v) is 4.61. The van der Waals surface area contributed by atoms with Crippen LogP contribution in [-0.4, -0.2) is 33.4 Å². The number of hydrogen-bond donors (Lipinski definition) is 1. The Bertz CT molecular complexity index is 205. The fraction of sp³-hybridized carbons (Fsp3) is 1.00. The first-order chi connectivity index (χ1) is 10.3. The number of epoxide rings is 1. The van der Waals surface area contributed by atoms with Crippen LogP contribution in [0.25, 0.3) is 0 Å². The highest BCUT2D eigenvalue weighted by atomic mass is 127. The molecule has 0 radical (unpaired) electrons. The molecule has 1 N–H and O–H groups in total. The zero-order chi connectivity index (χ0) is 15.2. The Morgan fingerprint density at radius 1 is 0.682 bits per heavy atom. The van der Waals surface area contributed by atoms with Crippen molar-refractivity contribution in [3.05, 3.63) is 0 Å². The molecule has 134 valence electrons. The van der Waals surface area contributed by atoms with E-state index in [0.717, 1.165) is 6.61 Å². The van der Waals surface area contributed by atoms with Crippen LogP contribution < -0.4 is 28.9 Å². The smallest absolute Gasteiger partial charge is 0.0810 e. The van der Waals surface area contributed by atoms with E-state index < -0.39 is 0 Å². The normalized spacial score (nSPS) is 16.8. The van der Waals surface area contributed by atoms with Crippen LogP contribution in [0.2, 0.25) is 0 Å². The van der Waals surface area contributed by atoms with Crippen molar-refractivity contribution < 1.29 is 33.6 Å². The number of unbranched alkanes of at least 4 members (excludes halogenated alkanes) is 12. The molecule has 0 amide bonds. The summed E-state index contributed by atoms with van der Waals surface area (Å²) in [5.41, 5.74) is 0. The third kappa shape index (κ3) is 17.0. The van der Waals surface area contributed by atoms with Crippen LogP contribution in [0.3, 0.4) is 0 Å². The molecule has 0 aromatic carbocycles. The molecule has 1 unspecified atom stereocenters. The standard InChI is InChI=1S/C19H39NO.HI/c1-20(2)17-15-13-11-9-7-5-3-4-6-8-10-12-14-16-19-18-21-19;/h19H,3-18H2,1-2H3;1H. The molecular formula is C19H40INO. The summed E-state index contributed by atoms with van der Waals surface area (Å²) in [7, 11) is 4.50. The van der Waals surface area contributed by atoms with Gasteiger partial charge >= 0.3 is 0 Å². The maximum absolute atomic E-state index is 5.23. The topological polar surface area (TPSA) is 17.0 Å². The Hall–Kier alpha value is 0.650. The summed E-state index contributed by atoms with van der Waals surface area (Å²) in [4.78, 5) is 1.59. The fourth-order valence-electron chi connectivity index (χ4n) is 3.03. The number of rotatable bonds is 16. The van der Waals surface area contributed by atoms with Crippen LogP contribution in [-0.2, 0) is 4.74 Å². The van der Waals surface area contributed by atoms with Gasteiger partial charge in [-0.15, -0.1) is 0 Å². The lowest BCUT2D eigenvalue weighted by Crippen LogP contribution is -3.05. The number of halogens is 1. The maximum atomic E-state index is 5.23. The first kappa shape index (κ1) is 22.6. The fourth-order valence-corrected chi connectivity index (χ4v) is 3.03. The number of nitrogens with one attached hydrogen (secondary N) is 1. The molecule has 0 aromatic heterocycles. The Morgan fingerprint density at radius 2 is 1.05 bits per heavy atom. The van der Waals surface area contributed by atoms with Crippen molar-refractivity contribution in [3.63, 3.8) is 0 Å². The molecule has 1 fully saturated rings. The SMILES string of the molecule is C[NH+](C)CCCCCCCCCCCCCCCC1CO1.[I-]. The minimum atomic E-state index is 0. The zero-order valence-corrected chi connectivity index (χ0v) is 17.3. The predicted molar refractivity (Wildman–Crippen MR) is 92.1 cm³/mol. The van der Waals surface area contributed by atoms with Crippen molar-refractivity contribution in [1.29, 1.82) is 0 Å². The van der Waals surface area contributed by atoms with Crippen LogP contribution in [0.1, 0.15) is 89.9 Å². The van der Waals surface area contributed by atoms with Crippen LogP contribution in [0.15, 0.2) is 0 Å². The van der Waals surface area contributed by atoms with Crippen LogP contribution in [0.4, 0.5) is 0 Å². The molecule has 0 aliphatic carbocycles. The molecule has 0 bridgehead atoms. The van der Waals surface area contributed by atoms with Gasteiger partial charge in [0.1, 0.15) is 0 Å². The summed E-state index contributed by atoms with van der Waals surface area (Å²) in [6.07, 6.45) is 20.8. The van der Waals surface area contributed by atoms with Crippen LogP contribution >= 0.6 is 0 Å². The van der Waals surface area contributed by atoms with Crippen molar-refractivity contribution in [2.45, 2.75) is 96.0 Å². The van der Waals surface area contributed by atoms with Gasteiger partial charge in [-0.05, 0) is 19.3 Å². The van der Waals surface area contributed by atoms with Gasteiger partial charge in [0.15, 0.2) is 0 Å². The van der Waals surface area contributed by atoms with Crippen molar-refractivity contribution >= 4 is 0 Å². The Morgan fingerprint density at radius 3 is 1.41 bits per heavy atom. The second kappa shape index (κ2) is 16.5. The molecule has 1 rings (SSSR count). The lowest BCUT2D eigenvalue weighted by atomic mass is 10.0.